The topological polar surface area (TPSA) is 0 Å². The quantitative estimate of drug-likeness (QED) is 0.438. The second-order valence-corrected chi connectivity index (χ2v) is 8.72. The standard InChI is InChI=1S/C28H30/c1-2-11-24(12-3-1)28(26-19-18-21-10-4-9-17-25(21)20-26)27(22-13-5-6-14-22)23-15-7-8-16-23/h1-4,9-12,17-20,22-23H,5-8,13-16H2. The Kier molecular flexibility index (Phi) is 5.04. The molecule has 0 radical (unpaired) electrons. The van der Waals surface area contributed by atoms with Gasteiger partial charge in [-0.05, 0) is 71.1 Å². The number of fused-ring (bicyclic) bond motifs is 1. The molecule has 0 spiro atoms. The minimum Gasteiger partial charge on any atom is -0.0622 e. The first-order valence-corrected chi connectivity index (χ1v) is 11.2. The van der Waals surface area contributed by atoms with Gasteiger partial charge in [-0.15, -0.1) is 0 Å². The van der Waals surface area contributed by atoms with E-state index in [4.69, 9.17) is 0 Å². The van der Waals surface area contributed by atoms with E-state index < -0.39 is 0 Å². The molecule has 0 amide bonds. The zero-order valence-corrected chi connectivity index (χ0v) is 16.7. The molecule has 0 N–H and O–H groups in total. The van der Waals surface area contributed by atoms with E-state index in [1.54, 1.807) is 11.1 Å². The van der Waals surface area contributed by atoms with Gasteiger partial charge < -0.3 is 0 Å². The summed E-state index contributed by atoms with van der Waals surface area (Å²) in [7, 11) is 0. The van der Waals surface area contributed by atoms with Crippen LogP contribution in [0.4, 0.5) is 0 Å². The number of hydrogen-bond acceptors (Lipinski definition) is 0. The minimum atomic E-state index is 0.782. The van der Waals surface area contributed by atoms with Gasteiger partial charge >= 0.3 is 0 Å². The van der Waals surface area contributed by atoms with Crippen LogP contribution in [0.25, 0.3) is 16.3 Å². The van der Waals surface area contributed by atoms with Gasteiger partial charge in [-0.3, -0.25) is 0 Å². The fourth-order valence-corrected chi connectivity index (χ4v) is 5.66. The van der Waals surface area contributed by atoms with E-state index >= 15 is 0 Å². The Morgan fingerprint density at radius 3 is 1.75 bits per heavy atom. The van der Waals surface area contributed by atoms with Crippen molar-refractivity contribution in [2.45, 2.75) is 51.4 Å². The normalized spacial score (nSPS) is 18.0. The van der Waals surface area contributed by atoms with Gasteiger partial charge in [-0.2, -0.15) is 0 Å². The molecule has 2 fully saturated rings. The molecule has 142 valence electrons. The molecule has 0 heterocycles. The molecule has 3 aromatic carbocycles. The lowest BCUT2D eigenvalue weighted by molar-refractivity contribution is 0.517. The van der Waals surface area contributed by atoms with Crippen LogP contribution < -0.4 is 0 Å². The Morgan fingerprint density at radius 1 is 0.536 bits per heavy atom. The fraction of sp³-hybridized carbons (Fsp3) is 0.357. The highest BCUT2D eigenvalue weighted by Crippen LogP contribution is 2.46. The first-order chi connectivity index (χ1) is 13.9. The lowest BCUT2D eigenvalue weighted by Crippen LogP contribution is -2.12. The van der Waals surface area contributed by atoms with Crippen LogP contribution in [0.15, 0.2) is 78.4 Å². The molecule has 0 aromatic heterocycles. The molecule has 28 heavy (non-hydrogen) atoms. The summed E-state index contributed by atoms with van der Waals surface area (Å²) < 4.78 is 0. The van der Waals surface area contributed by atoms with Gasteiger partial charge in [0.15, 0.2) is 0 Å². The van der Waals surface area contributed by atoms with Crippen LogP contribution in [-0.2, 0) is 0 Å². The van der Waals surface area contributed by atoms with Crippen molar-refractivity contribution >= 4 is 16.3 Å². The molecule has 2 aliphatic rings. The van der Waals surface area contributed by atoms with Gasteiger partial charge in [-0.1, -0.05) is 98.0 Å². The molecule has 5 rings (SSSR count). The van der Waals surface area contributed by atoms with E-state index in [1.165, 1.54) is 73.3 Å². The van der Waals surface area contributed by atoms with Crippen molar-refractivity contribution in [3.63, 3.8) is 0 Å². The van der Waals surface area contributed by atoms with Crippen molar-refractivity contribution in [1.82, 2.24) is 0 Å². The van der Waals surface area contributed by atoms with Gasteiger partial charge in [0.2, 0.25) is 0 Å². The van der Waals surface area contributed by atoms with Gasteiger partial charge in [0.1, 0.15) is 0 Å². The van der Waals surface area contributed by atoms with Crippen molar-refractivity contribution in [1.29, 1.82) is 0 Å². The second-order valence-electron chi connectivity index (χ2n) is 8.72. The summed E-state index contributed by atoms with van der Waals surface area (Å²) in [5.74, 6) is 1.56. The maximum atomic E-state index is 2.43. The zero-order chi connectivity index (χ0) is 18.8. The third kappa shape index (κ3) is 3.41. The van der Waals surface area contributed by atoms with Crippen LogP contribution in [0.1, 0.15) is 62.5 Å². The molecule has 0 saturated heterocycles. The van der Waals surface area contributed by atoms with E-state index in [0.717, 1.165) is 11.8 Å². The lowest BCUT2D eigenvalue weighted by Gasteiger charge is -2.27. The monoisotopic (exact) mass is 366 g/mol. The van der Waals surface area contributed by atoms with Crippen LogP contribution in [0, 0.1) is 11.8 Å². The molecule has 2 aliphatic carbocycles. The summed E-state index contributed by atoms with van der Waals surface area (Å²) in [5, 5.41) is 2.69. The van der Waals surface area contributed by atoms with Crippen LogP contribution in [0.3, 0.4) is 0 Å². The summed E-state index contributed by atoms with van der Waals surface area (Å²) in [6.45, 7) is 0. The first kappa shape index (κ1) is 17.7. The van der Waals surface area contributed by atoms with E-state index in [9.17, 15) is 0 Å². The third-order valence-electron chi connectivity index (χ3n) is 6.98. The van der Waals surface area contributed by atoms with Gasteiger partial charge in [0.05, 0.1) is 0 Å². The largest absolute Gasteiger partial charge is 0.0622 e. The van der Waals surface area contributed by atoms with Crippen LogP contribution >= 0.6 is 0 Å². The lowest BCUT2D eigenvalue weighted by atomic mass is 9.78. The number of hydrogen-bond donors (Lipinski definition) is 0. The second kappa shape index (κ2) is 7.95. The Bertz CT molecular complexity index is 949. The van der Waals surface area contributed by atoms with Crippen molar-refractivity contribution in [2.75, 3.05) is 0 Å². The summed E-state index contributed by atoms with van der Waals surface area (Å²) >= 11 is 0. The Labute approximate surface area is 169 Å². The Morgan fingerprint density at radius 2 is 1.11 bits per heavy atom. The average molecular weight is 367 g/mol. The summed E-state index contributed by atoms with van der Waals surface area (Å²) in [4.78, 5) is 0. The predicted octanol–water partition coefficient (Wildman–Crippen LogP) is 8.02. The molecule has 0 bridgehead atoms. The van der Waals surface area contributed by atoms with Crippen LogP contribution in [-0.4, -0.2) is 0 Å². The smallest absolute Gasteiger partial charge is 0.0114 e. The highest BCUT2D eigenvalue weighted by molar-refractivity contribution is 5.90. The van der Waals surface area contributed by atoms with E-state index in [0.29, 0.717) is 0 Å². The maximum Gasteiger partial charge on any atom is -0.0114 e. The van der Waals surface area contributed by atoms with Crippen molar-refractivity contribution in [3.8, 4) is 0 Å². The minimum absolute atomic E-state index is 0.782. The first-order valence-electron chi connectivity index (χ1n) is 11.2. The van der Waals surface area contributed by atoms with Crippen molar-refractivity contribution in [2.24, 2.45) is 11.8 Å². The zero-order valence-electron chi connectivity index (χ0n) is 16.7. The molecular formula is C28H30. The van der Waals surface area contributed by atoms with Gasteiger partial charge in [0, 0.05) is 0 Å². The third-order valence-corrected chi connectivity index (χ3v) is 6.98. The molecule has 0 atom stereocenters. The molecule has 0 heteroatoms. The van der Waals surface area contributed by atoms with E-state index in [1.807, 2.05) is 0 Å². The van der Waals surface area contributed by atoms with Crippen molar-refractivity contribution in [3.05, 3.63) is 89.5 Å². The molecular weight excluding hydrogens is 336 g/mol. The Hall–Kier alpha value is -2.34. The van der Waals surface area contributed by atoms with E-state index in [-0.39, 0.29) is 0 Å². The number of benzene rings is 3. The summed E-state index contributed by atoms with van der Waals surface area (Å²) in [6, 6.07) is 27.1. The maximum absolute atomic E-state index is 2.43. The average Bonchev–Trinajstić information content (AvgIpc) is 3.47. The van der Waals surface area contributed by atoms with Crippen molar-refractivity contribution < 1.29 is 0 Å². The van der Waals surface area contributed by atoms with Crippen LogP contribution in [0.2, 0.25) is 0 Å². The summed E-state index contributed by atoms with van der Waals surface area (Å²) in [5.41, 5.74) is 6.16. The molecule has 2 saturated carbocycles. The SMILES string of the molecule is c1ccc(C(=C(C2CCCC2)C2CCCC2)c2ccc3ccccc3c2)cc1. The molecule has 0 aliphatic heterocycles. The van der Waals surface area contributed by atoms with Gasteiger partial charge in [0.25, 0.3) is 0 Å². The molecule has 3 aromatic rings. The van der Waals surface area contributed by atoms with E-state index in [2.05, 4.69) is 72.8 Å². The highest BCUT2D eigenvalue weighted by atomic mass is 14.4. The molecule has 0 nitrogen and oxygen atoms in total. The number of rotatable bonds is 4. The predicted molar refractivity (Wildman–Crippen MR) is 120 cm³/mol. The highest BCUT2D eigenvalue weighted by Gasteiger charge is 2.31. The van der Waals surface area contributed by atoms with Gasteiger partial charge in [-0.25, -0.2) is 0 Å². The Balaban J connectivity index is 1.74. The number of allylic oxidation sites excluding steroid dienone is 1. The van der Waals surface area contributed by atoms with Crippen LogP contribution in [0.5, 0.6) is 0 Å². The molecule has 0 unspecified atom stereocenters. The fourth-order valence-electron chi connectivity index (χ4n) is 5.66. The summed E-state index contributed by atoms with van der Waals surface area (Å²) in [6.07, 6.45) is 11.2.